The van der Waals surface area contributed by atoms with Crippen LogP contribution in [0.4, 0.5) is 15.8 Å². The highest BCUT2D eigenvalue weighted by Gasteiger charge is 2.38. The fourth-order valence-electron chi connectivity index (χ4n) is 2.28. The molecule has 3 N–H and O–H groups in total. The SMILES string of the molecule is CC(C)Oc1cc(NC(C)(C)C2CC2)c(N)cc1F. The summed E-state index contributed by atoms with van der Waals surface area (Å²) >= 11 is 0. The topological polar surface area (TPSA) is 47.3 Å². The number of halogens is 1. The van der Waals surface area contributed by atoms with Crippen LogP contribution in [0.5, 0.6) is 5.75 Å². The third kappa shape index (κ3) is 3.31. The molecule has 0 atom stereocenters. The molecule has 0 unspecified atom stereocenters. The van der Waals surface area contributed by atoms with E-state index in [9.17, 15) is 4.39 Å². The lowest BCUT2D eigenvalue weighted by Crippen LogP contribution is -2.33. The largest absolute Gasteiger partial charge is 0.488 e. The molecule has 0 aromatic heterocycles. The van der Waals surface area contributed by atoms with Crippen molar-refractivity contribution < 1.29 is 9.13 Å². The van der Waals surface area contributed by atoms with Crippen LogP contribution in [0.3, 0.4) is 0 Å². The number of nitrogen functional groups attached to an aromatic ring is 1. The van der Waals surface area contributed by atoms with Crippen LogP contribution in [0.1, 0.15) is 40.5 Å². The second kappa shape index (κ2) is 4.91. The van der Waals surface area contributed by atoms with Crippen LogP contribution in [0.2, 0.25) is 0 Å². The fraction of sp³-hybridized carbons (Fsp3) is 0.600. The monoisotopic (exact) mass is 266 g/mol. The van der Waals surface area contributed by atoms with Crippen molar-refractivity contribution in [1.82, 2.24) is 0 Å². The van der Waals surface area contributed by atoms with Gasteiger partial charge in [0.2, 0.25) is 0 Å². The molecule has 1 aromatic rings. The molecule has 1 aliphatic rings. The van der Waals surface area contributed by atoms with Crippen molar-refractivity contribution in [2.75, 3.05) is 11.1 Å². The Balaban J connectivity index is 2.24. The summed E-state index contributed by atoms with van der Waals surface area (Å²) in [6.07, 6.45) is 2.40. The predicted octanol–water partition coefficient (Wildman–Crippen LogP) is 3.80. The highest BCUT2D eigenvalue weighted by atomic mass is 19.1. The Morgan fingerprint density at radius 2 is 2.00 bits per heavy atom. The number of benzene rings is 1. The molecule has 1 aromatic carbocycles. The first-order valence-electron chi connectivity index (χ1n) is 6.83. The van der Waals surface area contributed by atoms with Crippen molar-refractivity contribution in [3.05, 3.63) is 17.9 Å². The van der Waals surface area contributed by atoms with Gasteiger partial charge in [-0.25, -0.2) is 4.39 Å². The van der Waals surface area contributed by atoms with Crippen LogP contribution in [0.25, 0.3) is 0 Å². The first-order valence-corrected chi connectivity index (χ1v) is 6.83. The van der Waals surface area contributed by atoms with Gasteiger partial charge in [0.15, 0.2) is 11.6 Å². The van der Waals surface area contributed by atoms with E-state index in [0.29, 0.717) is 11.6 Å². The third-order valence-corrected chi connectivity index (χ3v) is 3.52. The molecule has 4 heteroatoms. The second-order valence-corrected chi connectivity index (χ2v) is 6.16. The molecular formula is C15H23FN2O. The summed E-state index contributed by atoms with van der Waals surface area (Å²) in [6.45, 7) is 8.04. The predicted molar refractivity (Wildman–Crippen MR) is 77.0 cm³/mol. The van der Waals surface area contributed by atoms with E-state index in [1.807, 2.05) is 13.8 Å². The minimum atomic E-state index is -0.416. The first kappa shape index (κ1) is 14.0. The van der Waals surface area contributed by atoms with Gasteiger partial charge in [-0.3, -0.25) is 0 Å². The van der Waals surface area contributed by atoms with Gasteiger partial charge in [0.1, 0.15) is 0 Å². The molecule has 0 bridgehead atoms. The lowest BCUT2D eigenvalue weighted by Gasteiger charge is -2.28. The Kier molecular flexibility index (Phi) is 3.61. The number of anilines is 2. The summed E-state index contributed by atoms with van der Waals surface area (Å²) in [5, 5.41) is 3.42. The zero-order valence-corrected chi connectivity index (χ0v) is 12.1. The molecule has 1 saturated carbocycles. The van der Waals surface area contributed by atoms with Gasteiger partial charge in [-0.05, 0) is 46.5 Å². The number of hydrogen-bond donors (Lipinski definition) is 2. The Morgan fingerprint density at radius 3 is 2.53 bits per heavy atom. The van der Waals surface area contributed by atoms with Gasteiger partial charge < -0.3 is 15.8 Å². The summed E-state index contributed by atoms with van der Waals surface area (Å²) < 4.78 is 19.2. The van der Waals surface area contributed by atoms with E-state index in [1.54, 1.807) is 6.07 Å². The number of nitrogens with two attached hydrogens (primary N) is 1. The van der Waals surface area contributed by atoms with Crippen molar-refractivity contribution in [3.8, 4) is 5.75 Å². The molecular weight excluding hydrogens is 243 g/mol. The number of ether oxygens (including phenoxy) is 1. The zero-order valence-electron chi connectivity index (χ0n) is 12.1. The molecule has 19 heavy (non-hydrogen) atoms. The lowest BCUT2D eigenvalue weighted by atomic mass is 9.98. The summed E-state index contributed by atoms with van der Waals surface area (Å²) in [4.78, 5) is 0. The molecule has 0 heterocycles. The van der Waals surface area contributed by atoms with E-state index >= 15 is 0 Å². The van der Waals surface area contributed by atoms with Crippen LogP contribution in [0.15, 0.2) is 12.1 Å². The molecule has 106 valence electrons. The van der Waals surface area contributed by atoms with E-state index < -0.39 is 5.82 Å². The smallest absolute Gasteiger partial charge is 0.167 e. The van der Waals surface area contributed by atoms with E-state index in [4.69, 9.17) is 10.5 Å². The van der Waals surface area contributed by atoms with Crippen LogP contribution in [-0.4, -0.2) is 11.6 Å². The van der Waals surface area contributed by atoms with Gasteiger partial charge in [-0.15, -0.1) is 0 Å². The van der Waals surface area contributed by atoms with Crippen molar-refractivity contribution in [2.24, 2.45) is 5.92 Å². The highest BCUT2D eigenvalue weighted by molar-refractivity contribution is 5.69. The fourth-order valence-corrected chi connectivity index (χ4v) is 2.28. The molecule has 3 nitrogen and oxygen atoms in total. The van der Waals surface area contributed by atoms with Gasteiger partial charge in [-0.2, -0.15) is 0 Å². The third-order valence-electron chi connectivity index (χ3n) is 3.52. The average molecular weight is 266 g/mol. The Labute approximate surface area is 114 Å². The molecule has 1 fully saturated rings. The van der Waals surface area contributed by atoms with Crippen molar-refractivity contribution in [1.29, 1.82) is 0 Å². The summed E-state index contributed by atoms with van der Waals surface area (Å²) in [7, 11) is 0. The Hall–Kier alpha value is -1.45. The zero-order chi connectivity index (χ0) is 14.2. The van der Waals surface area contributed by atoms with Gasteiger partial charge in [0, 0.05) is 17.7 Å². The standard InChI is InChI=1S/C15H23FN2O/c1-9(2)19-14-8-13(12(17)7-11(14)16)18-15(3,4)10-5-6-10/h7-10,18H,5-6,17H2,1-4H3. The summed E-state index contributed by atoms with van der Waals surface area (Å²) in [5.41, 5.74) is 7.03. The average Bonchev–Trinajstić information content (AvgIpc) is 3.07. The maximum atomic E-state index is 13.8. The molecule has 0 spiro atoms. The normalized spacial score (nSPS) is 15.7. The van der Waals surface area contributed by atoms with E-state index in [0.717, 1.165) is 5.69 Å². The number of rotatable bonds is 5. The first-order chi connectivity index (χ1) is 8.79. The van der Waals surface area contributed by atoms with E-state index in [1.165, 1.54) is 18.9 Å². The van der Waals surface area contributed by atoms with Crippen LogP contribution in [0, 0.1) is 11.7 Å². The lowest BCUT2D eigenvalue weighted by molar-refractivity contribution is 0.231. The Bertz CT molecular complexity index is 467. The second-order valence-electron chi connectivity index (χ2n) is 6.16. The van der Waals surface area contributed by atoms with Crippen LogP contribution < -0.4 is 15.8 Å². The van der Waals surface area contributed by atoms with Gasteiger partial charge in [0.05, 0.1) is 17.5 Å². The maximum absolute atomic E-state index is 13.8. The Morgan fingerprint density at radius 1 is 1.37 bits per heavy atom. The molecule has 0 saturated heterocycles. The van der Waals surface area contributed by atoms with E-state index in [-0.39, 0.29) is 17.4 Å². The van der Waals surface area contributed by atoms with Crippen LogP contribution in [-0.2, 0) is 0 Å². The van der Waals surface area contributed by atoms with Gasteiger partial charge >= 0.3 is 0 Å². The maximum Gasteiger partial charge on any atom is 0.167 e. The van der Waals surface area contributed by atoms with Crippen molar-refractivity contribution >= 4 is 11.4 Å². The number of hydrogen-bond acceptors (Lipinski definition) is 3. The molecule has 0 radical (unpaired) electrons. The summed E-state index contributed by atoms with van der Waals surface area (Å²) in [6, 6.07) is 2.98. The minimum Gasteiger partial charge on any atom is -0.488 e. The molecule has 2 rings (SSSR count). The van der Waals surface area contributed by atoms with Gasteiger partial charge in [-0.1, -0.05) is 0 Å². The molecule has 1 aliphatic carbocycles. The minimum absolute atomic E-state index is 0.0267. The van der Waals surface area contributed by atoms with Crippen LogP contribution >= 0.6 is 0 Å². The highest BCUT2D eigenvalue weighted by Crippen LogP contribution is 2.42. The quantitative estimate of drug-likeness (QED) is 0.797. The van der Waals surface area contributed by atoms with Gasteiger partial charge in [0.25, 0.3) is 0 Å². The van der Waals surface area contributed by atoms with Crippen molar-refractivity contribution in [2.45, 2.75) is 52.2 Å². The van der Waals surface area contributed by atoms with Crippen molar-refractivity contribution in [3.63, 3.8) is 0 Å². The van der Waals surface area contributed by atoms with E-state index in [2.05, 4.69) is 19.2 Å². The summed E-state index contributed by atoms with van der Waals surface area (Å²) in [5.74, 6) is 0.491. The molecule has 0 aliphatic heterocycles. The number of nitrogens with one attached hydrogen (secondary N) is 1. The molecule has 0 amide bonds.